The van der Waals surface area contributed by atoms with Crippen LogP contribution in [0.15, 0.2) is 72.8 Å². The summed E-state index contributed by atoms with van der Waals surface area (Å²) in [5.74, 6) is -2.63. The first-order valence-corrected chi connectivity index (χ1v) is 19.6. The molecule has 57 heavy (non-hydrogen) atoms. The number of imidazole rings is 1. The zero-order valence-corrected chi connectivity index (χ0v) is 33.5. The summed E-state index contributed by atoms with van der Waals surface area (Å²) < 4.78 is 37.0. The second-order valence-electron chi connectivity index (χ2n) is 14.1. The van der Waals surface area contributed by atoms with E-state index in [0.29, 0.717) is 62.0 Å². The Kier molecular flexibility index (Phi) is 11.9. The maximum absolute atomic E-state index is 14.8. The number of aromatic nitrogens is 2. The van der Waals surface area contributed by atoms with Gasteiger partial charge in [-0.1, -0.05) is 35.9 Å². The van der Waals surface area contributed by atoms with E-state index in [4.69, 9.17) is 45.0 Å². The van der Waals surface area contributed by atoms with E-state index in [1.165, 1.54) is 38.4 Å². The van der Waals surface area contributed by atoms with Crippen molar-refractivity contribution in [3.63, 3.8) is 0 Å². The minimum absolute atomic E-state index is 0.0877. The van der Waals surface area contributed by atoms with Gasteiger partial charge in [0.25, 0.3) is 5.91 Å². The summed E-state index contributed by atoms with van der Waals surface area (Å²) in [6.07, 6.45) is 3.58. The molecule has 0 aliphatic carbocycles. The molecule has 4 aromatic rings. The number of esters is 2. The van der Waals surface area contributed by atoms with Crippen molar-refractivity contribution in [2.75, 3.05) is 78.7 Å². The summed E-state index contributed by atoms with van der Waals surface area (Å²) in [4.78, 5) is 52.8. The Morgan fingerprint density at radius 3 is 2.23 bits per heavy atom. The lowest BCUT2D eigenvalue weighted by Crippen LogP contribution is -2.63. The average Bonchev–Trinajstić information content (AvgIpc) is 3.55. The molecular weight excluding hydrogens is 754 g/mol. The van der Waals surface area contributed by atoms with Gasteiger partial charge in [-0.3, -0.25) is 9.69 Å². The van der Waals surface area contributed by atoms with Crippen LogP contribution in [0.5, 0.6) is 17.2 Å². The molecule has 15 heteroatoms. The van der Waals surface area contributed by atoms with Crippen molar-refractivity contribution in [2.24, 2.45) is 0 Å². The zero-order valence-electron chi connectivity index (χ0n) is 32.7. The monoisotopic (exact) mass is 801 g/mol. The molecule has 0 saturated carbocycles. The molecule has 2 saturated heterocycles. The number of amides is 1. The Balaban J connectivity index is 1.22. The highest BCUT2D eigenvalue weighted by molar-refractivity contribution is 6.30. The molecule has 0 radical (unpaired) electrons. The van der Waals surface area contributed by atoms with Crippen molar-refractivity contribution in [1.82, 2.24) is 19.4 Å². The van der Waals surface area contributed by atoms with Crippen LogP contribution in [-0.2, 0) is 35.8 Å². The SMILES string of the molecule is CCOCCn1c(N2CCCN(CCC3(c4ccc(Cl)cc4)CCN(C(=O)c4cc(OC)c(OC)c(OC)c4)C34OC(=O)C=CC(=O)O4)CC2)nc2ccccc21. The highest BCUT2D eigenvalue weighted by Crippen LogP contribution is 2.53. The number of rotatable bonds is 13. The van der Waals surface area contributed by atoms with Gasteiger partial charge in [-0.2, -0.15) is 0 Å². The van der Waals surface area contributed by atoms with E-state index in [1.54, 1.807) is 12.1 Å². The van der Waals surface area contributed by atoms with Crippen LogP contribution in [-0.4, -0.2) is 117 Å². The van der Waals surface area contributed by atoms with Crippen LogP contribution in [0.4, 0.5) is 5.95 Å². The van der Waals surface area contributed by atoms with Crippen molar-refractivity contribution in [3.8, 4) is 17.2 Å². The third-order valence-corrected chi connectivity index (χ3v) is 11.4. The lowest BCUT2D eigenvalue weighted by atomic mass is 9.73. The van der Waals surface area contributed by atoms with Gasteiger partial charge < -0.3 is 42.8 Å². The van der Waals surface area contributed by atoms with Gasteiger partial charge in [-0.25, -0.2) is 14.6 Å². The summed E-state index contributed by atoms with van der Waals surface area (Å²) in [7, 11) is 4.38. The Hall–Kier alpha value is -5.31. The fraction of sp³-hybridized carbons (Fsp3) is 0.429. The first-order chi connectivity index (χ1) is 27.7. The van der Waals surface area contributed by atoms with Gasteiger partial charge >= 0.3 is 17.8 Å². The first kappa shape index (κ1) is 39.9. The minimum Gasteiger partial charge on any atom is -0.493 e. The van der Waals surface area contributed by atoms with E-state index < -0.39 is 29.2 Å². The Bertz CT molecular complexity index is 2090. The number of carbonyl (C=O) groups is 3. The second-order valence-corrected chi connectivity index (χ2v) is 14.6. The molecule has 4 heterocycles. The highest BCUT2D eigenvalue weighted by Gasteiger charge is 2.68. The smallest absolute Gasteiger partial charge is 0.355 e. The van der Waals surface area contributed by atoms with Crippen molar-refractivity contribution >= 4 is 46.4 Å². The molecule has 0 bridgehead atoms. The fourth-order valence-electron chi connectivity index (χ4n) is 8.36. The van der Waals surface area contributed by atoms with Crippen LogP contribution in [0, 0.1) is 0 Å². The lowest BCUT2D eigenvalue weighted by molar-refractivity contribution is -0.283. The maximum atomic E-state index is 14.8. The van der Waals surface area contributed by atoms with E-state index in [0.717, 1.165) is 55.2 Å². The molecule has 7 rings (SSSR count). The van der Waals surface area contributed by atoms with Gasteiger partial charge in [0.05, 0.1) is 44.4 Å². The van der Waals surface area contributed by atoms with Crippen LogP contribution in [0.3, 0.4) is 0 Å². The zero-order chi connectivity index (χ0) is 40.2. The summed E-state index contributed by atoms with van der Waals surface area (Å²) in [6.45, 7) is 7.56. The quantitative estimate of drug-likeness (QED) is 0.126. The van der Waals surface area contributed by atoms with Crippen molar-refractivity contribution in [2.45, 2.75) is 44.1 Å². The molecule has 14 nitrogen and oxygen atoms in total. The molecule has 1 atom stereocenters. The topological polar surface area (TPSA) is 134 Å². The van der Waals surface area contributed by atoms with Crippen LogP contribution < -0.4 is 19.1 Å². The molecule has 1 spiro atoms. The Morgan fingerprint density at radius 2 is 1.56 bits per heavy atom. The van der Waals surface area contributed by atoms with Crippen LogP contribution >= 0.6 is 11.6 Å². The molecule has 1 unspecified atom stereocenters. The number of ether oxygens (including phenoxy) is 6. The molecule has 0 N–H and O–H groups in total. The van der Waals surface area contributed by atoms with E-state index in [2.05, 4.69) is 20.4 Å². The van der Waals surface area contributed by atoms with Gasteiger partial charge in [0.2, 0.25) is 11.7 Å². The predicted octanol–water partition coefficient (Wildman–Crippen LogP) is 5.45. The number of benzene rings is 3. The molecule has 2 fully saturated rings. The van der Waals surface area contributed by atoms with Gasteiger partial charge in [-0.05, 0) is 81.2 Å². The lowest BCUT2D eigenvalue weighted by Gasteiger charge is -2.46. The summed E-state index contributed by atoms with van der Waals surface area (Å²) >= 11 is 6.40. The number of carbonyl (C=O) groups excluding carboxylic acids is 3. The predicted molar refractivity (Wildman–Crippen MR) is 213 cm³/mol. The first-order valence-electron chi connectivity index (χ1n) is 19.2. The second kappa shape index (κ2) is 17.0. The highest BCUT2D eigenvalue weighted by atomic mass is 35.5. The van der Waals surface area contributed by atoms with Crippen LogP contribution in [0.1, 0.15) is 42.1 Å². The normalized spacial score (nSPS) is 19.7. The van der Waals surface area contributed by atoms with Crippen molar-refractivity contribution < 1.29 is 42.8 Å². The largest absolute Gasteiger partial charge is 0.493 e. The number of hydrogen-bond acceptors (Lipinski definition) is 12. The van der Waals surface area contributed by atoms with Crippen molar-refractivity contribution in [1.29, 1.82) is 0 Å². The third kappa shape index (κ3) is 7.61. The van der Waals surface area contributed by atoms with Crippen molar-refractivity contribution in [3.05, 3.63) is 89.0 Å². The number of fused-ring (bicyclic) bond motifs is 1. The number of para-hydroxylation sites is 2. The number of likely N-dealkylation sites (tertiary alicyclic amines) is 1. The standard InChI is InChI=1S/C42H48ClN5O9/c1-5-55-26-25-47-33-10-7-6-9-32(33)44-40(47)46-20-8-19-45(23-24-46)21-17-41(30-11-13-31(43)14-12-30)18-22-48(42(41)56-36(49)15-16-37(50)57-42)39(51)29-27-34(52-2)38(54-4)35(28-29)53-3/h6-7,9-16,27-28H,5,8,17-26H2,1-4H3. The van der Waals surface area contributed by atoms with Gasteiger partial charge in [0.1, 0.15) is 0 Å². The van der Waals surface area contributed by atoms with Gasteiger partial charge in [0.15, 0.2) is 11.5 Å². The fourth-order valence-corrected chi connectivity index (χ4v) is 8.48. The molecule has 1 amide bonds. The number of hydrogen-bond donors (Lipinski definition) is 0. The molecule has 302 valence electrons. The third-order valence-electron chi connectivity index (χ3n) is 11.1. The number of nitrogens with zero attached hydrogens (tertiary/aromatic N) is 5. The number of halogens is 1. The summed E-state index contributed by atoms with van der Waals surface area (Å²) in [6, 6.07) is 18.4. The molecule has 3 aromatic carbocycles. The van der Waals surface area contributed by atoms with E-state index in [9.17, 15) is 14.4 Å². The average molecular weight is 802 g/mol. The van der Waals surface area contributed by atoms with E-state index in [-0.39, 0.29) is 23.6 Å². The Labute approximate surface area is 336 Å². The number of anilines is 1. The molecule has 3 aliphatic rings. The Morgan fingerprint density at radius 1 is 0.860 bits per heavy atom. The van der Waals surface area contributed by atoms with Crippen LogP contribution in [0.25, 0.3) is 11.0 Å². The van der Waals surface area contributed by atoms with Gasteiger partial charge in [-0.15, -0.1) is 0 Å². The van der Waals surface area contributed by atoms with Crippen LogP contribution in [0.2, 0.25) is 5.02 Å². The molecule has 1 aromatic heterocycles. The van der Waals surface area contributed by atoms with E-state index >= 15 is 0 Å². The summed E-state index contributed by atoms with van der Waals surface area (Å²) in [5.41, 5.74) is 1.66. The minimum atomic E-state index is -2.17. The summed E-state index contributed by atoms with van der Waals surface area (Å²) in [5, 5.41) is 0.503. The molecule has 3 aliphatic heterocycles. The van der Waals surface area contributed by atoms with E-state index in [1.807, 2.05) is 37.3 Å². The van der Waals surface area contributed by atoms with Gasteiger partial charge in [0, 0.05) is 62.1 Å². The molecular formula is C42H48ClN5O9. The number of methoxy groups -OCH3 is 3. The maximum Gasteiger partial charge on any atom is 0.355 e.